The van der Waals surface area contributed by atoms with Crippen molar-refractivity contribution in [2.24, 2.45) is 0 Å². The molecule has 0 bridgehead atoms. The number of halogens is 1. The standard InChI is InChI=1S/C24H21FN4O5/c1-26-23(31)18-13-15(9-10-19(18)25)27-24(32)17-7-5-4-6-16(17)22(30)14-8-11-20(28(2)3)21(12-14)29(33)34/h4-13H,1-3H3,(H,26,31)(H,27,32). The average molecular weight is 464 g/mol. The van der Waals surface area contributed by atoms with Gasteiger partial charge in [0, 0.05) is 44.0 Å². The Morgan fingerprint density at radius 1 is 0.912 bits per heavy atom. The Labute approximate surface area is 194 Å². The van der Waals surface area contributed by atoms with Crippen LogP contribution in [0.2, 0.25) is 0 Å². The van der Waals surface area contributed by atoms with E-state index in [0.717, 1.165) is 6.07 Å². The first-order valence-electron chi connectivity index (χ1n) is 10.1. The molecule has 0 heterocycles. The molecule has 0 aliphatic rings. The fraction of sp³-hybridized carbons (Fsp3) is 0.125. The Bertz CT molecular complexity index is 1310. The van der Waals surface area contributed by atoms with E-state index >= 15 is 0 Å². The van der Waals surface area contributed by atoms with Crippen LogP contribution in [0.3, 0.4) is 0 Å². The number of ketones is 1. The Morgan fingerprint density at radius 2 is 1.59 bits per heavy atom. The van der Waals surface area contributed by atoms with Crippen LogP contribution in [0.15, 0.2) is 60.7 Å². The van der Waals surface area contributed by atoms with Gasteiger partial charge in [0.25, 0.3) is 17.5 Å². The lowest BCUT2D eigenvalue weighted by Crippen LogP contribution is -2.20. The zero-order chi connectivity index (χ0) is 25.0. The van der Waals surface area contributed by atoms with Crippen molar-refractivity contribution in [1.82, 2.24) is 5.32 Å². The highest BCUT2D eigenvalue weighted by molar-refractivity contribution is 6.18. The highest BCUT2D eigenvalue weighted by atomic mass is 19.1. The SMILES string of the molecule is CNC(=O)c1cc(NC(=O)c2ccccc2C(=O)c2ccc(N(C)C)c([N+](=O)[O-])c2)ccc1F. The first kappa shape index (κ1) is 24.1. The van der Waals surface area contributed by atoms with Gasteiger partial charge in [-0.05, 0) is 36.4 Å². The number of nitrogens with zero attached hydrogens (tertiary/aromatic N) is 2. The van der Waals surface area contributed by atoms with Crippen molar-refractivity contribution in [2.75, 3.05) is 31.4 Å². The van der Waals surface area contributed by atoms with Gasteiger partial charge in [0.15, 0.2) is 5.78 Å². The molecule has 0 atom stereocenters. The molecule has 0 aliphatic carbocycles. The lowest BCUT2D eigenvalue weighted by molar-refractivity contribution is -0.384. The summed E-state index contributed by atoms with van der Waals surface area (Å²) in [6, 6.07) is 13.6. The number of nitro benzene ring substituents is 1. The van der Waals surface area contributed by atoms with Crippen LogP contribution in [0, 0.1) is 15.9 Å². The minimum absolute atomic E-state index is 0.0117. The lowest BCUT2D eigenvalue weighted by Gasteiger charge is -2.14. The molecule has 10 heteroatoms. The molecule has 3 aromatic rings. The second kappa shape index (κ2) is 9.90. The Balaban J connectivity index is 1.96. The molecule has 0 aromatic heterocycles. The highest BCUT2D eigenvalue weighted by Crippen LogP contribution is 2.29. The number of nitro groups is 1. The minimum atomic E-state index is -0.754. The molecule has 0 aliphatic heterocycles. The van der Waals surface area contributed by atoms with Gasteiger partial charge in [-0.25, -0.2) is 4.39 Å². The molecule has 0 fully saturated rings. The van der Waals surface area contributed by atoms with Crippen LogP contribution in [0.1, 0.15) is 36.6 Å². The quantitative estimate of drug-likeness (QED) is 0.313. The second-order valence-electron chi connectivity index (χ2n) is 7.46. The third kappa shape index (κ3) is 4.90. The second-order valence-corrected chi connectivity index (χ2v) is 7.46. The minimum Gasteiger partial charge on any atom is -0.372 e. The Morgan fingerprint density at radius 3 is 2.21 bits per heavy atom. The molecule has 174 valence electrons. The van der Waals surface area contributed by atoms with Gasteiger partial charge in [-0.1, -0.05) is 18.2 Å². The number of hydrogen-bond acceptors (Lipinski definition) is 6. The van der Waals surface area contributed by atoms with E-state index in [9.17, 15) is 28.9 Å². The summed E-state index contributed by atoms with van der Waals surface area (Å²) in [5.74, 6) is -2.66. The van der Waals surface area contributed by atoms with E-state index in [2.05, 4.69) is 10.6 Å². The summed E-state index contributed by atoms with van der Waals surface area (Å²) in [7, 11) is 4.65. The van der Waals surface area contributed by atoms with Crippen LogP contribution in [-0.2, 0) is 0 Å². The van der Waals surface area contributed by atoms with Crippen LogP contribution >= 0.6 is 0 Å². The molecule has 0 radical (unpaired) electrons. The fourth-order valence-corrected chi connectivity index (χ4v) is 3.33. The molecular formula is C24H21FN4O5. The van der Waals surface area contributed by atoms with Crippen molar-refractivity contribution < 1.29 is 23.7 Å². The van der Waals surface area contributed by atoms with Gasteiger partial charge < -0.3 is 15.5 Å². The summed E-state index contributed by atoms with van der Waals surface area (Å²) < 4.78 is 13.9. The van der Waals surface area contributed by atoms with E-state index in [1.807, 2.05) is 0 Å². The maximum absolute atomic E-state index is 13.9. The van der Waals surface area contributed by atoms with E-state index in [4.69, 9.17) is 0 Å². The normalized spacial score (nSPS) is 10.4. The number of anilines is 2. The molecule has 0 saturated carbocycles. The van der Waals surface area contributed by atoms with Crippen LogP contribution in [-0.4, -0.2) is 43.7 Å². The molecule has 34 heavy (non-hydrogen) atoms. The number of carbonyl (C=O) groups excluding carboxylic acids is 3. The summed E-state index contributed by atoms with van der Waals surface area (Å²) in [5, 5.41) is 16.4. The van der Waals surface area contributed by atoms with E-state index in [0.29, 0.717) is 5.69 Å². The van der Waals surface area contributed by atoms with Crippen molar-refractivity contribution >= 4 is 34.7 Å². The maximum Gasteiger partial charge on any atom is 0.293 e. The summed E-state index contributed by atoms with van der Waals surface area (Å²) >= 11 is 0. The first-order valence-corrected chi connectivity index (χ1v) is 10.1. The Kier molecular flexibility index (Phi) is 7.01. The van der Waals surface area contributed by atoms with E-state index in [1.54, 1.807) is 31.1 Å². The lowest BCUT2D eigenvalue weighted by atomic mass is 9.97. The first-order chi connectivity index (χ1) is 16.1. The van der Waals surface area contributed by atoms with Crippen LogP contribution in [0.4, 0.5) is 21.5 Å². The van der Waals surface area contributed by atoms with E-state index in [1.165, 1.54) is 49.5 Å². The molecular weight excluding hydrogens is 443 g/mol. The van der Waals surface area contributed by atoms with Crippen LogP contribution in [0.25, 0.3) is 0 Å². The topological polar surface area (TPSA) is 122 Å². The smallest absolute Gasteiger partial charge is 0.293 e. The molecule has 0 unspecified atom stereocenters. The molecule has 2 amide bonds. The van der Waals surface area contributed by atoms with Gasteiger partial charge in [0.1, 0.15) is 11.5 Å². The highest BCUT2D eigenvalue weighted by Gasteiger charge is 2.23. The zero-order valence-corrected chi connectivity index (χ0v) is 18.6. The molecule has 9 nitrogen and oxygen atoms in total. The van der Waals surface area contributed by atoms with Crippen molar-refractivity contribution in [2.45, 2.75) is 0 Å². The number of carbonyl (C=O) groups is 3. The monoisotopic (exact) mass is 464 g/mol. The van der Waals surface area contributed by atoms with Gasteiger partial charge >= 0.3 is 0 Å². The summed E-state index contributed by atoms with van der Waals surface area (Å²) in [5.41, 5.74) is 0.0669. The van der Waals surface area contributed by atoms with Crippen molar-refractivity contribution in [3.05, 3.63) is 98.8 Å². The average Bonchev–Trinajstić information content (AvgIpc) is 2.83. The summed E-state index contributed by atoms with van der Waals surface area (Å²) in [6.45, 7) is 0. The fourth-order valence-electron chi connectivity index (χ4n) is 3.33. The molecule has 3 rings (SSSR count). The Hall–Kier alpha value is -4.60. The largest absolute Gasteiger partial charge is 0.372 e. The number of benzene rings is 3. The molecule has 0 saturated heterocycles. The molecule has 3 aromatic carbocycles. The van der Waals surface area contributed by atoms with Crippen LogP contribution in [0.5, 0.6) is 0 Å². The van der Waals surface area contributed by atoms with Crippen molar-refractivity contribution in [1.29, 1.82) is 0 Å². The third-order valence-electron chi connectivity index (χ3n) is 5.03. The van der Waals surface area contributed by atoms with Crippen molar-refractivity contribution in [3.8, 4) is 0 Å². The van der Waals surface area contributed by atoms with Gasteiger partial charge in [-0.3, -0.25) is 24.5 Å². The maximum atomic E-state index is 13.9. The number of amides is 2. The van der Waals surface area contributed by atoms with Gasteiger partial charge in [0.2, 0.25) is 0 Å². The van der Waals surface area contributed by atoms with E-state index in [-0.39, 0.29) is 33.6 Å². The van der Waals surface area contributed by atoms with Gasteiger partial charge in [-0.2, -0.15) is 0 Å². The molecule has 2 N–H and O–H groups in total. The van der Waals surface area contributed by atoms with Crippen LogP contribution < -0.4 is 15.5 Å². The van der Waals surface area contributed by atoms with Crippen molar-refractivity contribution in [3.63, 3.8) is 0 Å². The van der Waals surface area contributed by atoms with E-state index < -0.39 is 28.3 Å². The summed E-state index contributed by atoms with van der Waals surface area (Å²) in [6.07, 6.45) is 0. The third-order valence-corrected chi connectivity index (χ3v) is 5.03. The zero-order valence-electron chi connectivity index (χ0n) is 18.6. The molecule has 0 spiro atoms. The predicted octanol–water partition coefficient (Wildman–Crippen LogP) is 3.64. The summed E-state index contributed by atoms with van der Waals surface area (Å²) in [4.78, 5) is 50.4. The number of hydrogen-bond donors (Lipinski definition) is 2. The number of nitrogens with one attached hydrogen (secondary N) is 2. The van der Waals surface area contributed by atoms with Gasteiger partial charge in [0.05, 0.1) is 16.1 Å². The predicted molar refractivity (Wildman–Crippen MR) is 125 cm³/mol. The van der Waals surface area contributed by atoms with Gasteiger partial charge in [-0.15, -0.1) is 0 Å². The number of rotatable bonds is 7.